The van der Waals surface area contributed by atoms with E-state index in [9.17, 15) is 9.59 Å². The lowest BCUT2D eigenvalue weighted by molar-refractivity contribution is -0.126. The molecular weight excluding hydrogens is 340 g/mol. The number of benzene rings is 1. The van der Waals surface area contributed by atoms with Crippen molar-refractivity contribution >= 4 is 29.1 Å². The summed E-state index contributed by atoms with van der Waals surface area (Å²) in [5.74, 6) is -0.702. The molecule has 0 aliphatic rings. The zero-order chi connectivity index (χ0) is 18.6. The molecule has 1 aromatic carbocycles. The maximum absolute atomic E-state index is 12.0. The molecule has 1 heterocycles. The highest BCUT2D eigenvalue weighted by atomic mass is 35.5. The van der Waals surface area contributed by atoms with Gasteiger partial charge in [0.2, 0.25) is 11.8 Å². The van der Waals surface area contributed by atoms with E-state index in [1.807, 2.05) is 44.5 Å². The number of hydrogen-bond donors (Lipinski definition) is 2. The van der Waals surface area contributed by atoms with Gasteiger partial charge >= 0.3 is 0 Å². The van der Waals surface area contributed by atoms with Gasteiger partial charge in [-0.05, 0) is 51.5 Å². The molecule has 2 amide bonds. The number of anilines is 1. The lowest BCUT2D eigenvalue weighted by Crippen LogP contribution is -2.32. The number of amides is 2. The number of halogens is 1. The summed E-state index contributed by atoms with van der Waals surface area (Å²) >= 11 is 5.92. The standard InChI is InChI=1S/C18H23ClN4O2/c1-11-5-6-15(19)8-16(11)21-18(25)9-17(24)20-10-14(4)23-13(3)7-12(2)22-23/h5-8,14H,9-10H2,1-4H3,(H,20,24)(H,21,25)/t14-/m1/s1. The molecule has 0 radical (unpaired) electrons. The van der Waals surface area contributed by atoms with Crippen molar-refractivity contribution in [2.24, 2.45) is 0 Å². The van der Waals surface area contributed by atoms with E-state index in [-0.39, 0.29) is 24.3 Å². The SMILES string of the molecule is Cc1cc(C)n([C@H](C)CNC(=O)CC(=O)Nc2cc(Cl)ccc2C)n1. The van der Waals surface area contributed by atoms with Gasteiger partial charge in [0.1, 0.15) is 6.42 Å². The topological polar surface area (TPSA) is 76.0 Å². The number of rotatable bonds is 6. The van der Waals surface area contributed by atoms with Gasteiger partial charge in [0.25, 0.3) is 0 Å². The molecule has 0 saturated heterocycles. The van der Waals surface area contributed by atoms with Crippen LogP contribution in [0.25, 0.3) is 0 Å². The number of aromatic nitrogens is 2. The van der Waals surface area contributed by atoms with Crippen molar-refractivity contribution < 1.29 is 9.59 Å². The van der Waals surface area contributed by atoms with Crippen molar-refractivity contribution in [1.82, 2.24) is 15.1 Å². The first kappa shape index (κ1) is 19.0. The zero-order valence-corrected chi connectivity index (χ0v) is 15.6. The van der Waals surface area contributed by atoms with Crippen LogP contribution >= 0.6 is 11.6 Å². The number of hydrogen-bond acceptors (Lipinski definition) is 3. The Balaban J connectivity index is 1.84. The Labute approximate surface area is 152 Å². The summed E-state index contributed by atoms with van der Waals surface area (Å²) < 4.78 is 1.87. The fraction of sp³-hybridized carbons (Fsp3) is 0.389. The molecule has 2 N–H and O–H groups in total. The molecule has 0 unspecified atom stereocenters. The predicted molar refractivity (Wildman–Crippen MR) is 98.9 cm³/mol. The van der Waals surface area contributed by atoms with E-state index in [0.29, 0.717) is 17.3 Å². The Morgan fingerprint density at radius 3 is 2.56 bits per heavy atom. The Kier molecular flexibility index (Phi) is 6.20. The second-order valence-corrected chi connectivity index (χ2v) is 6.65. The predicted octanol–water partition coefficient (Wildman–Crippen LogP) is 3.17. The monoisotopic (exact) mass is 362 g/mol. The minimum Gasteiger partial charge on any atom is -0.354 e. The summed E-state index contributed by atoms with van der Waals surface area (Å²) in [6.45, 7) is 8.14. The summed E-state index contributed by atoms with van der Waals surface area (Å²) in [6, 6.07) is 7.22. The van der Waals surface area contributed by atoms with Crippen LogP contribution in [0.4, 0.5) is 5.69 Å². The molecule has 25 heavy (non-hydrogen) atoms. The number of nitrogens with one attached hydrogen (secondary N) is 2. The molecule has 0 fully saturated rings. The highest BCUT2D eigenvalue weighted by Gasteiger charge is 2.14. The zero-order valence-electron chi connectivity index (χ0n) is 14.9. The molecule has 0 aliphatic heterocycles. The van der Waals surface area contributed by atoms with Crippen LogP contribution in [-0.4, -0.2) is 28.1 Å². The average molecular weight is 363 g/mol. The smallest absolute Gasteiger partial charge is 0.233 e. The summed E-state index contributed by atoms with van der Waals surface area (Å²) in [7, 11) is 0. The first-order valence-electron chi connectivity index (χ1n) is 8.11. The third kappa shape index (κ3) is 5.32. The fourth-order valence-electron chi connectivity index (χ4n) is 2.57. The van der Waals surface area contributed by atoms with Gasteiger partial charge in [-0.25, -0.2) is 0 Å². The molecular formula is C18H23ClN4O2. The van der Waals surface area contributed by atoms with Crippen LogP contribution in [-0.2, 0) is 9.59 Å². The van der Waals surface area contributed by atoms with Crippen LogP contribution in [0.15, 0.2) is 24.3 Å². The molecule has 1 atom stereocenters. The van der Waals surface area contributed by atoms with Crippen molar-refractivity contribution in [3.8, 4) is 0 Å². The Morgan fingerprint density at radius 2 is 1.92 bits per heavy atom. The number of carbonyl (C=O) groups is 2. The normalized spacial score (nSPS) is 11.9. The van der Waals surface area contributed by atoms with Crippen LogP contribution in [0.3, 0.4) is 0 Å². The minimum atomic E-state index is -0.373. The van der Waals surface area contributed by atoms with Crippen LogP contribution in [0.1, 0.15) is 36.3 Å². The molecule has 0 spiro atoms. The molecule has 0 bridgehead atoms. The van der Waals surface area contributed by atoms with E-state index in [1.165, 1.54) is 0 Å². The second-order valence-electron chi connectivity index (χ2n) is 6.21. The maximum atomic E-state index is 12.0. The average Bonchev–Trinajstić information content (AvgIpc) is 2.87. The maximum Gasteiger partial charge on any atom is 0.233 e. The fourth-order valence-corrected chi connectivity index (χ4v) is 2.74. The first-order valence-corrected chi connectivity index (χ1v) is 8.49. The summed E-state index contributed by atoms with van der Waals surface area (Å²) in [5.41, 5.74) is 3.47. The van der Waals surface area contributed by atoms with Gasteiger partial charge in [-0.2, -0.15) is 5.10 Å². The Hall–Kier alpha value is -2.34. The highest BCUT2D eigenvalue weighted by molar-refractivity contribution is 6.31. The lowest BCUT2D eigenvalue weighted by Gasteiger charge is -2.15. The van der Waals surface area contributed by atoms with E-state index in [0.717, 1.165) is 17.0 Å². The second kappa shape index (κ2) is 8.16. The van der Waals surface area contributed by atoms with Crippen LogP contribution in [0.2, 0.25) is 5.02 Å². The number of carbonyl (C=O) groups excluding carboxylic acids is 2. The third-order valence-corrected chi connectivity index (χ3v) is 4.09. The molecule has 0 aliphatic carbocycles. The molecule has 7 heteroatoms. The minimum absolute atomic E-state index is 0.0101. The van der Waals surface area contributed by atoms with Gasteiger partial charge in [0.05, 0.1) is 11.7 Å². The van der Waals surface area contributed by atoms with Gasteiger partial charge in [-0.1, -0.05) is 17.7 Å². The first-order chi connectivity index (χ1) is 11.8. The summed E-state index contributed by atoms with van der Waals surface area (Å²) in [6.07, 6.45) is -0.240. The van der Waals surface area contributed by atoms with Gasteiger partial charge in [-0.3, -0.25) is 14.3 Å². The molecule has 0 saturated carbocycles. The number of aryl methyl sites for hydroxylation is 3. The van der Waals surface area contributed by atoms with Gasteiger partial charge in [0.15, 0.2) is 0 Å². The van der Waals surface area contributed by atoms with E-state index < -0.39 is 0 Å². The lowest BCUT2D eigenvalue weighted by atomic mass is 10.2. The summed E-state index contributed by atoms with van der Waals surface area (Å²) in [5, 5.41) is 10.4. The Morgan fingerprint density at radius 1 is 1.20 bits per heavy atom. The van der Waals surface area contributed by atoms with Crippen molar-refractivity contribution in [3.05, 3.63) is 46.2 Å². The molecule has 2 aromatic rings. The van der Waals surface area contributed by atoms with Crippen molar-refractivity contribution in [1.29, 1.82) is 0 Å². The molecule has 6 nitrogen and oxygen atoms in total. The molecule has 2 rings (SSSR count). The van der Waals surface area contributed by atoms with E-state index >= 15 is 0 Å². The van der Waals surface area contributed by atoms with Crippen molar-refractivity contribution in [3.63, 3.8) is 0 Å². The van der Waals surface area contributed by atoms with Gasteiger partial charge in [-0.15, -0.1) is 0 Å². The largest absolute Gasteiger partial charge is 0.354 e. The Bertz CT molecular complexity index is 785. The quantitative estimate of drug-likeness (QED) is 0.775. The van der Waals surface area contributed by atoms with Crippen LogP contribution in [0, 0.1) is 20.8 Å². The molecule has 1 aromatic heterocycles. The van der Waals surface area contributed by atoms with E-state index in [1.54, 1.807) is 12.1 Å². The highest BCUT2D eigenvalue weighted by Crippen LogP contribution is 2.20. The van der Waals surface area contributed by atoms with E-state index in [2.05, 4.69) is 15.7 Å². The van der Waals surface area contributed by atoms with Crippen molar-refractivity contribution in [2.45, 2.75) is 40.2 Å². The van der Waals surface area contributed by atoms with Crippen molar-refractivity contribution in [2.75, 3.05) is 11.9 Å². The number of nitrogens with zero attached hydrogens (tertiary/aromatic N) is 2. The summed E-state index contributed by atoms with van der Waals surface area (Å²) in [4.78, 5) is 24.0. The third-order valence-electron chi connectivity index (χ3n) is 3.85. The van der Waals surface area contributed by atoms with Crippen LogP contribution in [0.5, 0.6) is 0 Å². The molecule has 134 valence electrons. The van der Waals surface area contributed by atoms with Gasteiger partial charge in [0, 0.05) is 22.9 Å². The van der Waals surface area contributed by atoms with E-state index in [4.69, 9.17) is 11.6 Å². The van der Waals surface area contributed by atoms with Gasteiger partial charge < -0.3 is 10.6 Å². The van der Waals surface area contributed by atoms with Crippen LogP contribution < -0.4 is 10.6 Å².